The number of nitrogens with two attached hydrogens (primary N) is 2. The van der Waals surface area contributed by atoms with Crippen molar-refractivity contribution in [1.82, 2.24) is 20.0 Å². The van der Waals surface area contributed by atoms with Crippen LogP contribution in [0.4, 0.5) is 11.4 Å². The van der Waals surface area contributed by atoms with E-state index in [1.807, 2.05) is 31.2 Å². The first kappa shape index (κ1) is 23.7. The zero-order valence-electron chi connectivity index (χ0n) is 19.0. The Balaban J connectivity index is 0.000000286. The second-order valence-corrected chi connectivity index (χ2v) is 8.25. The van der Waals surface area contributed by atoms with Gasteiger partial charge in [-0.25, -0.2) is 4.99 Å². The smallest absolute Gasteiger partial charge is 0.261 e. The van der Waals surface area contributed by atoms with Crippen molar-refractivity contribution < 1.29 is 0 Å². The molecular weight excluding hydrogens is 416 g/mol. The van der Waals surface area contributed by atoms with Crippen LogP contribution >= 0.6 is 0 Å². The van der Waals surface area contributed by atoms with Gasteiger partial charge in [0.1, 0.15) is 11.4 Å². The quantitative estimate of drug-likeness (QED) is 0.412. The van der Waals surface area contributed by atoms with Gasteiger partial charge in [-0.3, -0.25) is 4.79 Å². The number of amidine groups is 1. The molecule has 0 spiro atoms. The Morgan fingerprint density at radius 3 is 2.45 bits per heavy atom. The molecule has 2 heterocycles. The molecule has 1 aromatic carbocycles. The molecule has 33 heavy (non-hydrogen) atoms. The Morgan fingerprint density at radius 2 is 1.88 bits per heavy atom. The highest BCUT2D eigenvalue weighted by Gasteiger charge is 2.19. The van der Waals surface area contributed by atoms with Gasteiger partial charge in [0.2, 0.25) is 0 Å². The molecule has 1 aliphatic rings. The zero-order chi connectivity index (χ0) is 23.8. The van der Waals surface area contributed by atoms with Gasteiger partial charge in [-0.05, 0) is 49.4 Å². The maximum atomic E-state index is 11.8. The summed E-state index contributed by atoms with van der Waals surface area (Å²) in [7, 11) is 0. The van der Waals surface area contributed by atoms with Crippen LogP contribution in [0.25, 0.3) is 0 Å². The Morgan fingerprint density at radius 1 is 1.21 bits per heavy atom. The average molecular weight is 447 g/mol. The lowest BCUT2D eigenvalue weighted by molar-refractivity contribution is 0.313. The monoisotopic (exact) mass is 446 g/mol. The van der Waals surface area contributed by atoms with Crippen molar-refractivity contribution in [2.75, 3.05) is 5.73 Å². The van der Waals surface area contributed by atoms with Crippen molar-refractivity contribution in [3.63, 3.8) is 0 Å². The van der Waals surface area contributed by atoms with Crippen molar-refractivity contribution in [2.24, 2.45) is 22.6 Å². The average Bonchev–Trinajstić information content (AvgIpc) is 3.35. The van der Waals surface area contributed by atoms with E-state index < -0.39 is 0 Å². The molecule has 0 bridgehead atoms. The summed E-state index contributed by atoms with van der Waals surface area (Å²) in [5.41, 5.74) is 13.5. The van der Waals surface area contributed by atoms with Crippen LogP contribution in [0.5, 0.6) is 0 Å². The third-order valence-electron chi connectivity index (χ3n) is 5.93. The third kappa shape index (κ3) is 6.07. The fraction of sp³-hybridized carbons (Fsp3) is 0.375. The zero-order valence-corrected chi connectivity index (χ0v) is 19.0. The molecule has 2 unspecified atom stereocenters. The van der Waals surface area contributed by atoms with Gasteiger partial charge in [-0.1, -0.05) is 31.9 Å². The minimum absolute atomic E-state index is 0.00277. The number of hydrogen-bond donors (Lipinski definition) is 3. The molecule has 0 aliphatic heterocycles. The number of benzene rings is 1. The van der Waals surface area contributed by atoms with Crippen LogP contribution in [0.1, 0.15) is 56.7 Å². The van der Waals surface area contributed by atoms with Gasteiger partial charge in [0.25, 0.3) is 5.56 Å². The fourth-order valence-corrected chi connectivity index (χ4v) is 3.85. The molecule has 2 aromatic heterocycles. The maximum absolute atomic E-state index is 11.8. The van der Waals surface area contributed by atoms with E-state index in [-0.39, 0.29) is 28.7 Å². The van der Waals surface area contributed by atoms with Crippen LogP contribution in [0, 0.1) is 23.2 Å². The van der Waals surface area contributed by atoms with Crippen LogP contribution in [0.2, 0.25) is 0 Å². The van der Waals surface area contributed by atoms with Crippen molar-refractivity contribution in [2.45, 2.75) is 45.6 Å². The molecule has 3 aromatic rings. The molecule has 1 aliphatic carbocycles. The van der Waals surface area contributed by atoms with Crippen molar-refractivity contribution >= 4 is 17.2 Å². The topological polar surface area (TPSA) is 152 Å². The Kier molecular flexibility index (Phi) is 7.97. The van der Waals surface area contributed by atoms with Crippen molar-refractivity contribution in [3.8, 4) is 6.07 Å². The minimum atomic E-state index is -0.369. The molecule has 9 nitrogen and oxygen atoms in total. The lowest BCUT2D eigenvalue weighted by Crippen LogP contribution is -2.25. The largest absolute Gasteiger partial charge is 0.398 e. The van der Waals surface area contributed by atoms with Gasteiger partial charge >= 0.3 is 0 Å². The summed E-state index contributed by atoms with van der Waals surface area (Å²) >= 11 is 0. The Hall–Kier alpha value is -3.93. The van der Waals surface area contributed by atoms with Gasteiger partial charge < -0.3 is 16.5 Å². The second kappa shape index (κ2) is 11.1. The first-order valence-electron chi connectivity index (χ1n) is 11.1. The van der Waals surface area contributed by atoms with E-state index >= 15 is 0 Å². The first-order chi connectivity index (χ1) is 15.9. The summed E-state index contributed by atoms with van der Waals surface area (Å²) in [4.78, 5) is 20.3. The Bertz CT molecular complexity index is 1160. The van der Waals surface area contributed by atoms with Gasteiger partial charge in [-0.15, -0.1) is 0 Å². The predicted octanol–water partition coefficient (Wildman–Crippen LogP) is 3.53. The number of nitrogen functional groups attached to an aromatic ring is 1. The van der Waals surface area contributed by atoms with Gasteiger partial charge in [-0.2, -0.15) is 20.3 Å². The third-order valence-corrected chi connectivity index (χ3v) is 5.93. The van der Waals surface area contributed by atoms with E-state index in [9.17, 15) is 4.79 Å². The summed E-state index contributed by atoms with van der Waals surface area (Å²) < 4.78 is 0. The fourth-order valence-electron chi connectivity index (χ4n) is 3.85. The lowest BCUT2D eigenvalue weighted by atomic mass is 9.81. The molecule has 5 N–H and O–H groups in total. The predicted molar refractivity (Wildman–Crippen MR) is 129 cm³/mol. The van der Waals surface area contributed by atoms with Crippen LogP contribution in [-0.2, 0) is 0 Å². The van der Waals surface area contributed by atoms with Crippen molar-refractivity contribution in [1.29, 1.82) is 5.26 Å². The molecule has 0 radical (unpaired) electrons. The summed E-state index contributed by atoms with van der Waals surface area (Å²) in [5.74, 6) is 1.09. The number of H-pyrrole nitrogens is 1. The number of aromatic nitrogens is 4. The molecule has 3 atom stereocenters. The molecule has 0 saturated heterocycles. The number of anilines is 1. The number of pyridine rings is 1. The molecule has 1 saturated carbocycles. The highest BCUT2D eigenvalue weighted by Crippen LogP contribution is 2.28. The number of nitrogens with one attached hydrogen (secondary N) is 1. The minimum Gasteiger partial charge on any atom is -0.398 e. The number of aromatic amines is 1. The summed E-state index contributed by atoms with van der Waals surface area (Å²) in [6, 6.07) is 11.4. The van der Waals surface area contributed by atoms with Crippen LogP contribution in [0.15, 0.2) is 58.7 Å². The Labute approximate surface area is 193 Å². The molecule has 0 amide bonds. The van der Waals surface area contributed by atoms with Crippen molar-refractivity contribution in [3.05, 3.63) is 70.4 Å². The van der Waals surface area contributed by atoms with E-state index in [0.29, 0.717) is 17.5 Å². The van der Waals surface area contributed by atoms with Gasteiger partial charge in [0.15, 0.2) is 0 Å². The molecule has 4 rings (SSSR count). The molecule has 9 heteroatoms. The van der Waals surface area contributed by atoms with Crippen LogP contribution in [-0.4, -0.2) is 25.8 Å². The van der Waals surface area contributed by atoms with E-state index in [1.165, 1.54) is 25.5 Å². The van der Waals surface area contributed by atoms with Gasteiger partial charge in [0.05, 0.1) is 30.2 Å². The van der Waals surface area contributed by atoms with Crippen LogP contribution < -0.4 is 17.0 Å². The number of rotatable bonds is 4. The number of hydrogen-bond acceptors (Lipinski definition) is 6. The molecule has 172 valence electrons. The first-order valence-corrected chi connectivity index (χ1v) is 11.1. The summed E-state index contributed by atoms with van der Waals surface area (Å²) in [6.45, 7) is 4.18. The van der Waals surface area contributed by atoms with Gasteiger partial charge in [0, 0.05) is 17.8 Å². The molecule has 1 fully saturated rings. The number of nitriles is 1. The maximum Gasteiger partial charge on any atom is 0.261 e. The standard InChI is InChI=1S/C16H17N7O.C8H13N/c1-10(23-20-8-9-21-23)11-2-4-12(5-3-11)22-15(18)14-13(17)6-7-19-16(14)24;1-7-4-2-3-5-8(7)6-9/h2-10H,1H3,(H2,18,22)(H3,17,19,24);7-8H,2-5H2,1H3/t;7-,8?/m.0/s1. The van der Waals surface area contributed by atoms with E-state index in [4.69, 9.17) is 16.7 Å². The van der Waals surface area contributed by atoms with E-state index in [1.54, 1.807) is 23.3 Å². The highest BCUT2D eigenvalue weighted by atomic mass is 16.1. The highest BCUT2D eigenvalue weighted by molar-refractivity contribution is 6.02. The van der Waals surface area contributed by atoms with E-state index in [0.717, 1.165) is 12.0 Å². The summed E-state index contributed by atoms with van der Waals surface area (Å²) in [6.07, 6.45) is 9.74. The number of nitrogens with zero attached hydrogens (tertiary/aromatic N) is 5. The normalized spacial score (nSPS) is 19.1. The van der Waals surface area contributed by atoms with Crippen LogP contribution in [0.3, 0.4) is 0 Å². The summed E-state index contributed by atoms with van der Waals surface area (Å²) in [5, 5.41) is 16.9. The number of aliphatic imine (C=N–C) groups is 1. The lowest BCUT2D eigenvalue weighted by Gasteiger charge is -2.22. The second-order valence-electron chi connectivity index (χ2n) is 8.25. The molecular formula is C24H30N8O. The van der Waals surface area contributed by atoms with E-state index in [2.05, 4.69) is 33.2 Å². The SMILES string of the molecule is CC(c1ccc(N=C(N)c2c(N)cc[nH]c2=O)cc1)n1nccn1.C[C@H]1CCCCC1C#N.